The quantitative estimate of drug-likeness (QED) is 0.750. The average Bonchev–Trinajstić information content (AvgIpc) is 2.57. The maximum Gasteiger partial charge on any atom is 0.406 e. The van der Waals surface area contributed by atoms with Crippen molar-refractivity contribution in [3.8, 4) is 0 Å². The Morgan fingerprint density at radius 3 is 2.50 bits per heavy atom. The number of hydrogen-bond donors (Lipinski definition) is 0. The van der Waals surface area contributed by atoms with Gasteiger partial charge in [-0.05, 0) is 17.5 Å². The summed E-state index contributed by atoms with van der Waals surface area (Å²) in [5, 5.41) is 0. The fourth-order valence-electron chi connectivity index (χ4n) is 1.86. The van der Waals surface area contributed by atoms with Crippen LogP contribution in [0.4, 0.5) is 17.6 Å². The lowest BCUT2D eigenvalue weighted by Crippen LogP contribution is -2.16. The van der Waals surface area contributed by atoms with E-state index in [0.717, 1.165) is 17.0 Å². The van der Waals surface area contributed by atoms with E-state index in [4.69, 9.17) is 0 Å². The van der Waals surface area contributed by atoms with Crippen molar-refractivity contribution in [1.82, 2.24) is 9.55 Å². The number of imidazole rings is 1. The highest BCUT2D eigenvalue weighted by Crippen LogP contribution is 2.26. The van der Waals surface area contributed by atoms with Gasteiger partial charge in [-0.15, -0.1) is 0 Å². The van der Waals surface area contributed by atoms with Crippen LogP contribution < -0.4 is 0 Å². The summed E-state index contributed by atoms with van der Waals surface area (Å²) in [6, 6.07) is 2.62. The minimum atomic E-state index is -4.35. The van der Waals surface area contributed by atoms with Crippen LogP contribution >= 0.6 is 0 Å². The SMILES string of the molecule is CC(C)c1cc2ncn(CC(F)(F)F)c2cc1F. The van der Waals surface area contributed by atoms with Gasteiger partial charge in [0.25, 0.3) is 0 Å². The van der Waals surface area contributed by atoms with Crippen LogP contribution in [0.15, 0.2) is 18.5 Å². The molecule has 2 nitrogen and oxygen atoms in total. The molecule has 0 saturated heterocycles. The van der Waals surface area contributed by atoms with Gasteiger partial charge in [0.1, 0.15) is 12.4 Å². The lowest BCUT2D eigenvalue weighted by molar-refractivity contribution is -0.139. The van der Waals surface area contributed by atoms with Crippen molar-refractivity contribution >= 4 is 11.0 Å². The molecule has 0 atom stereocenters. The summed E-state index contributed by atoms with van der Waals surface area (Å²) in [6.45, 7) is 2.47. The van der Waals surface area contributed by atoms with Gasteiger partial charge in [0.05, 0.1) is 17.4 Å². The Labute approximate surface area is 101 Å². The van der Waals surface area contributed by atoms with E-state index in [1.54, 1.807) is 0 Å². The molecule has 0 aliphatic rings. The Kier molecular flexibility index (Phi) is 3.04. The highest BCUT2D eigenvalue weighted by molar-refractivity contribution is 5.76. The molecule has 0 saturated carbocycles. The molecule has 0 amide bonds. The van der Waals surface area contributed by atoms with Crippen molar-refractivity contribution in [2.75, 3.05) is 0 Å². The van der Waals surface area contributed by atoms with E-state index in [2.05, 4.69) is 4.98 Å². The molecule has 98 valence electrons. The highest BCUT2D eigenvalue weighted by Gasteiger charge is 2.28. The Bertz CT molecular complexity index is 569. The van der Waals surface area contributed by atoms with Gasteiger partial charge in [-0.25, -0.2) is 9.37 Å². The summed E-state index contributed by atoms with van der Waals surface area (Å²) in [5.41, 5.74) is 0.998. The summed E-state index contributed by atoms with van der Waals surface area (Å²) >= 11 is 0. The third kappa shape index (κ3) is 2.47. The number of benzene rings is 1. The Balaban J connectivity index is 2.51. The van der Waals surface area contributed by atoms with Crippen LogP contribution in [-0.4, -0.2) is 15.7 Å². The zero-order chi connectivity index (χ0) is 13.5. The molecule has 0 aliphatic carbocycles. The molecule has 0 N–H and O–H groups in total. The van der Waals surface area contributed by atoms with Crippen molar-refractivity contribution in [3.63, 3.8) is 0 Å². The van der Waals surface area contributed by atoms with Gasteiger partial charge in [0.2, 0.25) is 0 Å². The van der Waals surface area contributed by atoms with E-state index in [0.29, 0.717) is 11.1 Å². The number of halogens is 4. The third-order valence-electron chi connectivity index (χ3n) is 2.71. The number of nitrogens with zero attached hydrogens (tertiary/aromatic N) is 2. The fourth-order valence-corrected chi connectivity index (χ4v) is 1.86. The van der Waals surface area contributed by atoms with Crippen molar-refractivity contribution < 1.29 is 17.6 Å². The minimum Gasteiger partial charge on any atom is -0.321 e. The van der Waals surface area contributed by atoms with Gasteiger partial charge in [-0.2, -0.15) is 13.2 Å². The fraction of sp³-hybridized carbons (Fsp3) is 0.417. The summed E-state index contributed by atoms with van der Waals surface area (Å²) in [7, 11) is 0. The van der Waals surface area contributed by atoms with Crippen molar-refractivity contribution in [2.24, 2.45) is 0 Å². The molecular weight excluding hydrogens is 248 g/mol. The molecule has 0 bridgehead atoms. The van der Waals surface area contributed by atoms with Crippen molar-refractivity contribution in [3.05, 3.63) is 29.8 Å². The molecule has 1 heterocycles. The first-order valence-electron chi connectivity index (χ1n) is 5.49. The first-order valence-corrected chi connectivity index (χ1v) is 5.49. The predicted molar refractivity (Wildman–Crippen MR) is 59.8 cm³/mol. The minimum absolute atomic E-state index is 0.0397. The zero-order valence-electron chi connectivity index (χ0n) is 9.92. The van der Waals surface area contributed by atoms with Crippen LogP contribution in [-0.2, 0) is 6.54 Å². The maximum absolute atomic E-state index is 13.7. The van der Waals surface area contributed by atoms with Crippen LogP contribution in [0.5, 0.6) is 0 Å². The second-order valence-electron chi connectivity index (χ2n) is 4.50. The summed E-state index contributed by atoms with van der Waals surface area (Å²) in [6.07, 6.45) is -3.26. The van der Waals surface area contributed by atoms with Gasteiger partial charge in [0.15, 0.2) is 0 Å². The number of fused-ring (bicyclic) bond motifs is 1. The second kappa shape index (κ2) is 4.26. The van der Waals surface area contributed by atoms with E-state index >= 15 is 0 Å². The monoisotopic (exact) mass is 260 g/mol. The second-order valence-corrected chi connectivity index (χ2v) is 4.50. The van der Waals surface area contributed by atoms with E-state index in [9.17, 15) is 17.6 Å². The molecule has 0 aliphatic heterocycles. The molecule has 18 heavy (non-hydrogen) atoms. The predicted octanol–water partition coefficient (Wildman–Crippen LogP) is 3.86. The Morgan fingerprint density at radius 2 is 1.94 bits per heavy atom. The smallest absolute Gasteiger partial charge is 0.321 e. The molecule has 1 aromatic carbocycles. The molecule has 1 aromatic heterocycles. The molecule has 0 fully saturated rings. The van der Waals surface area contributed by atoms with Gasteiger partial charge in [0, 0.05) is 6.07 Å². The van der Waals surface area contributed by atoms with Crippen LogP contribution in [0.3, 0.4) is 0 Å². The number of hydrogen-bond acceptors (Lipinski definition) is 1. The van der Waals surface area contributed by atoms with Crippen LogP contribution in [0.25, 0.3) is 11.0 Å². The van der Waals surface area contributed by atoms with E-state index in [1.807, 2.05) is 13.8 Å². The van der Waals surface area contributed by atoms with Crippen molar-refractivity contribution in [2.45, 2.75) is 32.5 Å². The normalized spacial score (nSPS) is 12.6. The first kappa shape index (κ1) is 12.9. The number of aromatic nitrogens is 2. The topological polar surface area (TPSA) is 17.8 Å². The van der Waals surface area contributed by atoms with Crippen LogP contribution in [0.1, 0.15) is 25.3 Å². The average molecular weight is 260 g/mol. The molecule has 0 radical (unpaired) electrons. The van der Waals surface area contributed by atoms with Gasteiger partial charge < -0.3 is 4.57 Å². The van der Waals surface area contributed by atoms with E-state index in [-0.39, 0.29) is 11.4 Å². The van der Waals surface area contributed by atoms with E-state index < -0.39 is 18.5 Å². The first-order chi connectivity index (χ1) is 8.28. The van der Waals surface area contributed by atoms with Gasteiger partial charge >= 0.3 is 6.18 Å². The zero-order valence-corrected chi connectivity index (χ0v) is 9.92. The summed E-state index contributed by atoms with van der Waals surface area (Å²) < 4.78 is 51.6. The van der Waals surface area contributed by atoms with Gasteiger partial charge in [-0.3, -0.25) is 0 Å². The molecule has 2 rings (SSSR count). The summed E-state index contributed by atoms with van der Waals surface area (Å²) in [4.78, 5) is 3.88. The molecular formula is C12H12F4N2. The number of alkyl halides is 3. The lowest BCUT2D eigenvalue weighted by Gasteiger charge is -2.10. The highest BCUT2D eigenvalue weighted by atomic mass is 19.4. The molecule has 0 spiro atoms. The maximum atomic E-state index is 13.7. The van der Waals surface area contributed by atoms with Crippen molar-refractivity contribution in [1.29, 1.82) is 0 Å². The molecule has 2 aromatic rings. The number of rotatable bonds is 2. The Hall–Kier alpha value is -1.59. The standard InChI is InChI=1S/C12H12F4N2/c1-7(2)8-3-10-11(4-9(8)13)18(6-17-10)5-12(14,15)16/h3-4,6-7H,5H2,1-2H3. The van der Waals surface area contributed by atoms with Gasteiger partial charge in [-0.1, -0.05) is 13.8 Å². The molecule has 6 heteroatoms. The largest absolute Gasteiger partial charge is 0.406 e. The van der Waals surface area contributed by atoms with E-state index in [1.165, 1.54) is 6.07 Å². The molecule has 0 unspecified atom stereocenters. The van der Waals surface area contributed by atoms with Crippen LogP contribution in [0.2, 0.25) is 0 Å². The lowest BCUT2D eigenvalue weighted by atomic mass is 10.0. The third-order valence-corrected chi connectivity index (χ3v) is 2.71. The summed E-state index contributed by atoms with van der Waals surface area (Å²) in [5.74, 6) is -0.538. The Morgan fingerprint density at radius 1 is 1.28 bits per heavy atom. The van der Waals surface area contributed by atoms with Crippen LogP contribution in [0, 0.1) is 5.82 Å².